The molecule has 0 aromatic heterocycles. The molecule has 2 saturated carbocycles. The van der Waals surface area contributed by atoms with Crippen LogP contribution in [0.1, 0.15) is 33.6 Å². The predicted octanol–water partition coefficient (Wildman–Crippen LogP) is 1.56. The number of hydrogen-bond donors (Lipinski definition) is 4. The van der Waals surface area contributed by atoms with Crippen LogP contribution in [-0.4, -0.2) is 56.0 Å². The SMILES string of the molecule is CC1C[C@H]2[C@@H]3C=C(O)C4=CC(=O)C=C[C@]4(C)[C@@]3(F)C(O)C[C@]2(C)[C@@]1(O)C(=O)CO. The van der Waals surface area contributed by atoms with E-state index in [1.807, 2.05) is 0 Å². The number of halogens is 1. The van der Waals surface area contributed by atoms with Crippen LogP contribution < -0.4 is 0 Å². The first-order valence-corrected chi connectivity index (χ1v) is 9.98. The molecule has 4 N–H and O–H groups in total. The molecule has 4 aliphatic carbocycles. The van der Waals surface area contributed by atoms with Crippen LogP contribution in [-0.2, 0) is 9.59 Å². The minimum atomic E-state index is -2.24. The number of carbonyl (C=O) groups excluding carboxylic acids is 2. The number of ketones is 2. The molecule has 29 heavy (non-hydrogen) atoms. The van der Waals surface area contributed by atoms with E-state index in [4.69, 9.17) is 0 Å². The molecule has 0 saturated heterocycles. The fourth-order valence-electron chi connectivity index (χ4n) is 6.83. The molecule has 0 bridgehead atoms. The molecule has 0 heterocycles. The third-order valence-electron chi connectivity index (χ3n) is 8.44. The van der Waals surface area contributed by atoms with Gasteiger partial charge in [-0.1, -0.05) is 19.9 Å². The third-order valence-corrected chi connectivity index (χ3v) is 8.44. The summed E-state index contributed by atoms with van der Waals surface area (Å²) in [7, 11) is 0. The van der Waals surface area contributed by atoms with E-state index in [2.05, 4.69) is 0 Å². The minimum absolute atomic E-state index is 0.124. The number of allylic oxidation sites excluding steroid dienone is 5. The van der Waals surface area contributed by atoms with E-state index in [1.165, 1.54) is 24.3 Å². The third kappa shape index (κ3) is 2.11. The van der Waals surface area contributed by atoms with Crippen LogP contribution in [0.5, 0.6) is 0 Å². The van der Waals surface area contributed by atoms with E-state index >= 15 is 4.39 Å². The molecule has 2 unspecified atom stereocenters. The van der Waals surface area contributed by atoms with Crippen LogP contribution in [0.2, 0.25) is 0 Å². The van der Waals surface area contributed by atoms with Crippen molar-refractivity contribution in [1.29, 1.82) is 0 Å². The Morgan fingerprint density at radius 3 is 2.62 bits per heavy atom. The van der Waals surface area contributed by atoms with Crippen molar-refractivity contribution < 1.29 is 34.4 Å². The molecule has 7 heteroatoms. The van der Waals surface area contributed by atoms with Gasteiger partial charge in [-0.05, 0) is 49.8 Å². The summed E-state index contributed by atoms with van der Waals surface area (Å²) in [4.78, 5) is 24.4. The summed E-state index contributed by atoms with van der Waals surface area (Å²) in [5, 5.41) is 42.6. The maximum atomic E-state index is 16.9. The van der Waals surface area contributed by atoms with Gasteiger partial charge in [0, 0.05) is 16.9 Å². The lowest BCUT2D eigenvalue weighted by Crippen LogP contribution is -2.69. The summed E-state index contributed by atoms with van der Waals surface area (Å²) in [6.07, 6.45) is 3.70. The number of carbonyl (C=O) groups is 2. The lowest BCUT2D eigenvalue weighted by atomic mass is 9.46. The van der Waals surface area contributed by atoms with Gasteiger partial charge in [0.2, 0.25) is 0 Å². The molecule has 0 amide bonds. The highest BCUT2D eigenvalue weighted by Gasteiger charge is 2.75. The number of rotatable bonds is 2. The van der Waals surface area contributed by atoms with Crippen molar-refractivity contribution in [1.82, 2.24) is 0 Å². The Hall–Kier alpha value is -1.83. The van der Waals surface area contributed by atoms with Crippen molar-refractivity contribution >= 4 is 11.6 Å². The Morgan fingerprint density at radius 1 is 1.34 bits per heavy atom. The maximum Gasteiger partial charge on any atom is 0.190 e. The Labute approximate surface area is 168 Å². The van der Waals surface area contributed by atoms with Crippen LogP contribution in [0.25, 0.3) is 0 Å². The monoisotopic (exact) mass is 406 g/mol. The number of fused-ring (bicyclic) bond motifs is 5. The van der Waals surface area contributed by atoms with Crippen molar-refractivity contribution in [2.45, 2.75) is 51.0 Å². The van der Waals surface area contributed by atoms with Crippen molar-refractivity contribution in [2.24, 2.45) is 28.6 Å². The van der Waals surface area contributed by atoms with Crippen molar-refractivity contribution in [3.05, 3.63) is 35.6 Å². The number of alkyl halides is 1. The summed E-state index contributed by atoms with van der Waals surface area (Å²) in [5.41, 5.74) is -6.64. The van der Waals surface area contributed by atoms with Crippen LogP contribution in [0.3, 0.4) is 0 Å². The van der Waals surface area contributed by atoms with Gasteiger partial charge in [0.05, 0.1) is 11.5 Å². The Bertz CT molecular complexity index is 892. The van der Waals surface area contributed by atoms with Crippen molar-refractivity contribution in [3.63, 3.8) is 0 Å². The first-order chi connectivity index (χ1) is 13.4. The van der Waals surface area contributed by atoms with E-state index in [0.29, 0.717) is 6.42 Å². The molecule has 2 fully saturated rings. The molecule has 158 valence electrons. The number of aliphatic hydroxyl groups excluding tert-OH is 3. The molecule has 0 spiro atoms. The zero-order chi connectivity index (χ0) is 21.6. The summed E-state index contributed by atoms with van der Waals surface area (Å²) in [6.45, 7) is 4.03. The average molecular weight is 406 g/mol. The topological polar surface area (TPSA) is 115 Å². The second-order valence-corrected chi connectivity index (χ2v) is 9.57. The molecular weight excluding hydrogens is 379 g/mol. The molecule has 0 aromatic carbocycles. The van der Waals surface area contributed by atoms with Crippen LogP contribution in [0.4, 0.5) is 4.39 Å². The second kappa shape index (κ2) is 5.86. The van der Waals surface area contributed by atoms with E-state index in [1.54, 1.807) is 20.8 Å². The molecular formula is C22H27FO6. The smallest absolute Gasteiger partial charge is 0.190 e. The molecule has 8 atom stereocenters. The van der Waals surface area contributed by atoms with Gasteiger partial charge in [0.25, 0.3) is 0 Å². The molecule has 6 nitrogen and oxygen atoms in total. The quantitative estimate of drug-likeness (QED) is 0.553. The lowest BCUT2D eigenvalue weighted by molar-refractivity contribution is -0.206. The normalized spacial score (nSPS) is 50.9. The zero-order valence-electron chi connectivity index (χ0n) is 16.7. The molecule has 0 aliphatic heterocycles. The minimum Gasteiger partial charge on any atom is -0.508 e. The average Bonchev–Trinajstić information content (AvgIpc) is 2.86. The molecule has 4 aliphatic rings. The highest BCUT2D eigenvalue weighted by atomic mass is 19.1. The standard InChI is InChI=1S/C22H27FO6/c1-11-6-13-14-8-16(26)15-7-12(25)4-5-19(15,2)21(14,23)17(27)9-20(13,3)22(11,29)18(28)10-24/h4-5,7-8,11,13-14,17,24,26-27,29H,6,9-10H2,1-3H3/t11?,13-,14-,17?,19-,20-,21-,22-/m0/s1. The van der Waals surface area contributed by atoms with Gasteiger partial charge >= 0.3 is 0 Å². The molecule has 4 rings (SSSR count). The van der Waals surface area contributed by atoms with Gasteiger partial charge in [-0.3, -0.25) is 9.59 Å². The largest absolute Gasteiger partial charge is 0.508 e. The van der Waals surface area contributed by atoms with Gasteiger partial charge in [0.1, 0.15) is 18.0 Å². The van der Waals surface area contributed by atoms with Gasteiger partial charge in [-0.2, -0.15) is 0 Å². The fourth-order valence-corrected chi connectivity index (χ4v) is 6.83. The van der Waals surface area contributed by atoms with E-state index in [-0.39, 0.29) is 23.5 Å². The maximum absolute atomic E-state index is 16.9. The van der Waals surface area contributed by atoms with E-state index in [9.17, 15) is 30.0 Å². The highest BCUT2D eigenvalue weighted by Crippen LogP contribution is 2.70. The van der Waals surface area contributed by atoms with Gasteiger partial charge in [-0.15, -0.1) is 0 Å². The van der Waals surface area contributed by atoms with Crippen molar-refractivity contribution in [3.8, 4) is 0 Å². The van der Waals surface area contributed by atoms with Crippen LogP contribution in [0, 0.1) is 28.6 Å². The summed E-state index contributed by atoms with van der Waals surface area (Å²) in [5.74, 6) is -3.44. The number of Topliss-reactive ketones (excluding diaryl/α,β-unsaturated/α-hetero) is 1. The number of aliphatic hydroxyl groups is 4. The highest BCUT2D eigenvalue weighted by molar-refractivity contribution is 6.02. The first-order valence-electron chi connectivity index (χ1n) is 9.98. The summed E-state index contributed by atoms with van der Waals surface area (Å²) in [6, 6.07) is 0. The number of hydrogen-bond acceptors (Lipinski definition) is 6. The molecule has 0 radical (unpaired) electrons. The van der Waals surface area contributed by atoms with E-state index in [0.717, 1.165) is 0 Å². The summed E-state index contributed by atoms with van der Waals surface area (Å²) >= 11 is 0. The molecule has 0 aromatic rings. The van der Waals surface area contributed by atoms with Gasteiger partial charge < -0.3 is 20.4 Å². The zero-order valence-corrected chi connectivity index (χ0v) is 16.7. The second-order valence-electron chi connectivity index (χ2n) is 9.57. The Kier molecular flexibility index (Phi) is 4.13. The summed E-state index contributed by atoms with van der Waals surface area (Å²) < 4.78 is 16.9. The van der Waals surface area contributed by atoms with E-state index < -0.39 is 58.3 Å². The van der Waals surface area contributed by atoms with Crippen LogP contribution >= 0.6 is 0 Å². The van der Waals surface area contributed by atoms with Crippen LogP contribution in [0.15, 0.2) is 35.6 Å². The Balaban J connectivity index is 1.93. The van der Waals surface area contributed by atoms with Crippen molar-refractivity contribution in [2.75, 3.05) is 6.61 Å². The van der Waals surface area contributed by atoms with Gasteiger partial charge in [0.15, 0.2) is 17.2 Å². The first kappa shape index (κ1) is 20.4. The lowest BCUT2D eigenvalue weighted by Gasteiger charge is -2.61. The fraction of sp³-hybridized carbons (Fsp3) is 0.636. The predicted molar refractivity (Wildman–Crippen MR) is 101 cm³/mol. The Morgan fingerprint density at radius 2 is 2.00 bits per heavy atom. The van der Waals surface area contributed by atoms with Gasteiger partial charge in [-0.25, -0.2) is 4.39 Å².